The number of nitrogens with one attached hydrogen (secondary N) is 4. The zero-order valence-corrected chi connectivity index (χ0v) is 19.1. The van der Waals surface area contributed by atoms with E-state index in [0.717, 1.165) is 25.8 Å². The Hall–Kier alpha value is -2.53. The highest BCUT2D eigenvalue weighted by atomic mass is 16.5. The number of nitrogens with zero attached hydrogens (tertiary/aromatic N) is 4. The lowest BCUT2D eigenvalue weighted by atomic mass is 9.81. The van der Waals surface area contributed by atoms with Crippen LogP contribution in [0.2, 0.25) is 0 Å². The summed E-state index contributed by atoms with van der Waals surface area (Å²) in [5, 5.41) is 16.3. The average molecular weight is 455 g/mol. The molecule has 10 nitrogen and oxygen atoms in total. The third-order valence-corrected chi connectivity index (χ3v) is 7.01. The van der Waals surface area contributed by atoms with Crippen LogP contribution in [-0.2, 0) is 6.54 Å². The largest absolute Gasteiger partial charge is 0.481 e. The first-order valence-corrected chi connectivity index (χ1v) is 11.9. The molecule has 0 saturated carbocycles. The summed E-state index contributed by atoms with van der Waals surface area (Å²) in [6.45, 7) is 1.08. The normalized spacial score (nSPS) is 29.6. The van der Waals surface area contributed by atoms with Crippen LogP contribution in [0.4, 0.5) is 11.8 Å². The van der Waals surface area contributed by atoms with Crippen LogP contribution in [0.15, 0.2) is 30.6 Å². The molecule has 3 unspecified atom stereocenters. The van der Waals surface area contributed by atoms with Crippen LogP contribution in [-0.4, -0.2) is 69.0 Å². The summed E-state index contributed by atoms with van der Waals surface area (Å²) in [7, 11) is 1.62. The fraction of sp³-hybridized carbons (Fsp3) is 0.609. The van der Waals surface area contributed by atoms with E-state index < -0.39 is 0 Å². The Morgan fingerprint density at radius 1 is 1.09 bits per heavy atom. The SMILES string of the molecule is COc1cc(NC2CC(CO)NN2)nc(NC2C[C@H]3CCC[C@@H](C2)N3Cc2ccncc2)n1. The molecule has 5 N–H and O–H groups in total. The molecule has 0 spiro atoms. The average Bonchev–Trinajstić information content (AvgIpc) is 3.27. The van der Waals surface area contributed by atoms with Gasteiger partial charge in [-0.25, -0.2) is 5.43 Å². The molecule has 0 aromatic carbocycles. The van der Waals surface area contributed by atoms with Gasteiger partial charge in [-0.1, -0.05) is 6.42 Å². The summed E-state index contributed by atoms with van der Waals surface area (Å²) >= 11 is 0. The van der Waals surface area contributed by atoms with Crippen LogP contribution < -0.4 is 26.2 Å². The van der Waals surface area contributed by atoms with Gasteiger partial charge in [-0.05, 0) is 43.4 Å². The molecule has 0 amide bonds. The van der Waals surface area contributed by atoms with E-state index in [2.05, 4.69) is 48.5 Å². The Morgan fingerprint density at radius 3 is 2.58 bits per heavy atom. The fourth-order valence-electron chi connectivity index (χ4n) is 5.42. The van der Waals surface area contributed by atoms with E-state index in [1.165, 1.54) is 24.8 Å². The smallest absolute Gasteiger partial charge is 0.228 e. The van der Waals surface area contributed by atoms with Gasteiger partial charge in [0.05, 0.1) is 19.9 Å². The molecule has 3 aliphatic rings. The second kappa shape index (κ2) is 10.2. The van der Waals surface area contributed by atoms with E-state index in [0.29, 0.717) is 35.8 Å². The third-order valence-electron chi connectivity index (χ3n) is 7.01. The van der Waals surface area contributed by atoms with Gasteiger partial charge in [0.15, 0.2) is 0 Å². The summed E-state index contributed by atoms with van der Waals surface area (Å²) in [4.78, 5) is 16.1. The number of hydrogen-bond acceptors (Lipinski definition) is 10. The van der Waals surface area contributed by atoms with Crippen molar-refractivity contribution in [3.8, 4) is 5.88 Å². The predicted octanol–water partition coefficient (Wildman–Crippen LogP) is 1.47. The second-order valence-corrected chi connectivity index (χ2v) is 9.30. The Bertz CT molecular complexity index is 903. The van der Waals surface area contributed by atoms with Crippen LogP contribution in [0.1, 0.15) is 44.1 Å². The van der Waals surface area contributed by atoms with Gasteiger partial charge in [0, 0.05) is 55.6 Å². The lowest BCUT2D eigenvalue weighted by Crippen LogP contribution is -2.54. The number of hydrogen-bond donors (Lipinski definition) is 5. The Balaban J connectivity index is 1.25. The van der Waals surface area contributed by atoms with Gasteiger partial charge in [0.25, 0.3) is 0 Å². The van der Waals surface area contributed by atoms with Crippen molar-refractivity contribution >= 4 is 11.8 Å². The van der Waals surface area contributed by atoms with Gasteiger partial charge in [0.1, 0.15) is 5.82 Å². The van der Waals surface area contributed by atoms with Crippen molar-refractivity contribution in [1.82, 2.24) is 30.7 Å². The highest BCUT2D eigenvalue weighted by Gasteiger charge is 2.38. The molecule has 10 heteroatoms. The van der Waals surface area contributed by atoms with E-state index in [-0.39, 0.29) is 18.8 Å². The molecule has 0 radical (unpaired) electrons. The first-order valence-electron chi connectivity index (χ1n) is 11.9. The van der Waals surface area contributed by atoms with Crippen molar-refractivity contribution < 1.29 is 9.84 Å². The fourth-order valence-corrected chi connectivity index (χ4v) is 5.42. The van der Waals surface area contributed by atoms with E-state index in [4.69, 9.17) is 9.72 Å². The number of hydrazine groups is 1. The molecule has 178 valence electrons. The summed E-state index contributed by atoms with van der Waals surface area (Å²) in [5.74, 6) is 1.81. The highest BCUT2D eigenvalue weighted by Crippen LogP contribution is 2.36. The van der Waals surface area contributed by atoms with Crippen LogP contribution in [0, 0.1) is 0 Å². The maximum atomic E-state index is 9.34. The van der Waals surface area contributed by atoms with Crippen LogP contribution in [0.3, 0.4) is 0 Å². The van der Waals surface area contributed by atoms with Crippen LogP contribution in [0.25, 0.3) is 0 Å². The summed E-state index contributed by atoms with van der Waals surface area (Å²) in [6, 6.07) is 7.53. The first kappa shape index (κ1) is 22.3. The lowest BCUT2D eigenvalue weighted by molar-refractivity contribution is 0.0276. The topological polar surface area (TPSA) is 119 Å². The summed E-state index contributed by atoms with van der Waals surface area (Å²) < 4.78 is 5.43. The van der Waals surface area contributed by atoms with Crippen molar-refractivity contribution in [1.29, 1.82) is 0 Å². The molecule has 3 fully saturated rings. The zero-order valence-electron chi connectivity index (χ0n) is 19.1. The minimum atomic E-state index is -0.0228. The van der Waals surface area contributed by atoms with Crippen molar-refractivity contribution in [3.05, 3.63) is 36.2 Å². The molecule has 5 rings (SSSR count). The maximum absolute atomic E-state index is 9.34. The number of aliphatic hydroxyl groups excluding tert-OH is 1. The van der Waals surface area contributed by atoms with E-state index in [9.17, 15) is 5.11 Å². The number of piperidine rings is 2. The number of rotatable bonds is 8. The Morgan fingerprint density at radius 2 is 1.88 bits per heavy atom. The standard InChI is InChI=1S/C23H34N8O2/c1-33-22-12-20(26-21-11-17(14-32)29-30-21)27-23(28-22)25-16-9-18-3-2-4-19(10-16)31(18)13-15-5-7-24-8-6-15/h5-8,12,16-19,21,29-30,32H,2-4,9-11,13-14H2,1H3,(H2,25,26,27,28)/t16?,17?,18-,19+,21?. The first-order chi connectivity index (χ1) is 16.2. The molecule has 2 aromatic heterocycles. The van der Waals surface area contributed by atoms with Gasteiger partial charge in [-0.15, -0.1) is 0 Å². The third kappa shape index (κ3) is 5.35. The van der Waals surface area contributed by atoms with Crippen molar-refractivity contribution in [2.75, 3.05) is 24.4 Å². The highest BCUT2D eigenvalue weighted by molar-refractivity contribution is 5.45. The van der Waals surface area contributed by atoms with Crippen LogP contribution in [0.5, 0.6) is 5.88 Å². The number of ether oxygens (including phenoxy) is 1. The molecule has 5 heterocycles. The summed E-state index contributed by atoms with van der Waals surface area (Å²) in [6.07, 6.45) is 10.4. The van der Waals surface area contributed by atoms with Gasteiger partial charge in [-0.2, -0.15) is 9.97 Å². The van der Waals surface area contributed by atoms with E-state index in [1.54, 1.807) is 13.2 Å². The monoisotopic (exact) mass is 454 g/mol. The second-order valence-electron chi connectivity index (χ2n) is 9.30. The number of aliphatic hydroxyl groups is 1. The molecule has 0 aliphatic carbocycles. The lowest BCUT2D eigenvalue weighted by Gasteiger charge is -2.49. The Kier molecular flexibility index (Phi) is 6.86. The van der Waals surface area contributed by atoms with Gasteiger partial charge in [0.2, 0.25) is 11.8 Å². The minimum absolute atomic E-state index is 0.0228. The number of pyridine rings is 1. The quantitative estimate of drug-likeness (QED) is 0.401. The number of methoxy groups -OCH3 is 1. The van der Waals surface area contributed by atoms with Crippen molar-refractivity contribution in [2.45, 2.75) is 75.4 Å². The van der Waals surface area contributed by atoms with E-state index in [1.807, 2.05) is 12.4 Å². The Labute approximate surface area is 194 Å². The van der Waals surface area contributed by atoms with Crippen molar-refractivity contribution in [2.24, 2.45) is 0 Å². The minimum Gasteiger partial charge on any atom is -0.481 e. The molecule has 2 bridgehead atoms. The molecular formula is C23H34N8O2. The molecule has 33 heavy (non-hydrogen) atoms. The van der Waals surface area contributed by atoms with E-state index >= 15 is 0 Å². The summed E-state index contributed by atoms with van der Waals surface area (Å²) in [5.41, 5.74) is 7.54. The molecular weight excluding hydrogens is 420 g/mol. The van der Waals surface area contributed by atoms with Gasteiger partial charge >= 0.3 is 0 Å². The van der Waals surface area contributed by atoms with Gasteiger partial charge < -0.3 is 20.5 Å². The predicted molar refractivity (Wildman–Crippen MR) is 126 cm³/mol. The number of anilines is 2. The molecule has 3 aliphatic heterocycles. The molecule has 3 saturated heterocycles. The maximum Gasteiger partial charge on any atom is 0.228 e. The zero-order chi connectivity index (χ0) is 22.6. The van der Waals surface area contributed by atoms with Gasteiger partial charge in [-0.3, -0.25) is 15.3 Å². The molecule has 5 atom stereocenters. The number of fused-ring (bicyclic) bond motifs is 2. The van der Waals surface area contributed by atoms with Crippen molar-refractivity contribution in [3.63, 3.8) is 0 Å². The number of aromatic nitrogens is 3. The van der Waals surface area contributed by atoms with Crippen LogP contribution >= 0.6 is 0 Å². The molecule has 2 aromatic rings.